The molecule has 0 aliphatic carbocycles. The third-order valence-corrected chi connectivity index (χ3v) is 6.28. The first-order valence-electron chi connectivity index (χ1n) is 9.68. The Morgan fingerprint density at radius 1 is 1.13 bits per heavy atom. The van der Waals surface area contributed by atoms with Crippen LogP contribution in [0.1, 0.15) is 50.1 Å². The van der Waals surface area contributed by atoms with Gasteiger partial charge in [-0.2, -0.15) is 4.98 Å². The highest BCUT2D eigenvalue weighted by Crippen LogP contribution is 2.24. The number of halogens is 1. The number of aromatic nitrogens is 3. The van der Waals surface area contributed by atoms with Crippen LogP contribution in [0.4, 0.5) is 4.39 Å². The molecule has 0 aliphatic rings. The molecule has 0 fully saturated rings. The summed E-state index contributed by atoms with van der Waals surface area (Å²) < 4.78 is 43.9. The van der Waals surface area contributed by atoms with Gasteiger partial charge in [-0.05, 0) is 43.3 Å². The second kappa shape index (κ2) is 9.34. The molecule has 2 aromatic heterocycles. The Morgan fingerprint density at radius 2 is 1.84 bits per heavy atom. The standard InChI is InChI=1S/C21H23FN4O4S/c1-14(2)20-24-21(30-25-20)15(3)26(12-17-6-4-5-11-23-17)19(27)13-31(28,29)18-9-7-16(22)8-10-18/h4-11,14-15H,12-13H2,1-3H3. The second-order valence-corrected chi connectivity index (χ2v) is 9.37. The van der Waals surface area contributed by atoms with Crippen LogP contribution < -0.4 is 0 Å². The Hall–Kier alpha value is -3.14. The maximum Gasteiger partial charge on any atom is 0.249 e. The fourth-order valence-corrected chi connectivity index (χ4v) is 4.07. The molecule has 8 nitrogen and oxygen atoms in total. The van der Waals surface area contributed by atoms with Gasteiger partial charge in [-0.3, -0.25) is 9.78 Å². The van der Waals surface area contributed by atoms with Crippen molar-refractivity contribution in [3.05, 3.63) is 71.9 Å². The lowest BCUT2D eigenvalue weighted by atomic mass is 10.2. The van der Waals surface area contributed by atoms with E-state index >= 15 is 0 Å². The summed E-state index contributed by atoms with van der Waals surface area (Å²) in [5.41, 5.74) is 0.575. The number of carbonyl (C=O) groups is 1. The minimum absolute atomic E-state index is 0.0310. The van der Waals surface area contributed by atoms with Crippen LogP contribution in [-0.2, 0) is 21.2 Å². The summed E-state index contributed by atoms with van der Waals surface area (Å²) in [6.45, 7) is 5.55. The second-order valence-electron chi connectivity index (χ2n) is 7.38. The van der Waals surface area contributed by atoms with E-state index in [0.717, 1.165) is 24.3 Å². The molecule has 0 saturated carbocycles. The largest absolute Gasteiger partial charge is 0.337 e. The number of carbonyl (C=O) groups excluding carboxylic acids is 1. The molecule has 1 amide bonds. The molecule has 0 saturated heterocycles. The molecule has 0 spiro atoms. The molecule has 0 aliphatic heterocycles. The van der Waals surface area contributed by atoms with Crippen molar-refractivity contribution in [2.24, 2.45) is 0 Å². The van der Waals surface area contributed by atoms with Crippen LogP contribution in [0.15, 0.2) is 58.1 Å². The van der Waals surface area contributed by atoms with Crippen LogP contribution in [0.25, 0.3) is 0 Å². The SMILES string of the molecule is CC(C)c1noc(C(C)N(Cc2ccccn2)C(=O)CS(=O)(=O)c2ccc(F)cc2)n1. The number of hydrogen-bond donors (Lipinski definition) is 0. The van der Waals surface area contributed by atoms with Crippen molar-refractivity contribution >= 4 is 15.7 Å². The van der Waals surface area contributed by atoms with Gasteiger partial charge in [0.25, 0.3) is 0 Å². The number of amides is 1. The van der Waals surface area contributed by atoms with E-state index in [9.17, 15) is 17.6 Å². The van der Waals surface area contributed by atoms with Crippen molar-refractivity contribution in [1.82, 2.24) is 20.0 Å². The predicted octanol–water partition coefficient (Wildman–Crippen LogP) is 3.29. The minimum atomic E-state index is -3.98. The monoisotopic (exact) mass is 446 g/mol. The lowest BCUT2D eigenvalue weighted by molar-refractivity contribution is -0.131. The van der Waals surface area contributed by atoms with E-state index in [1.807, 2.05) is 13.8 Å². The van der Waals surface area contributed by atoms with E-state index in [-0.39, 0.29) is 23.2 Å². The number of benzene rings is 1. The fourth-order valence-electron chi connectivity index (χ4n) is 2.86. The van der Waals surface area contributed by atoms with Gasteiger partial charge in [-0.25, -0.2) is 12.8 Å². The lowest BCUT2D eigenvalue weighted by Gasteiger charge is -2.26. The molecule has 1 unspecified atom stereocenters. The molecule has 10 heteroatoms. The third-order valence-electron chi connectivity index (χ3n) is 4.66. The molecule has 0 N–H and O–H groups in total. The summed E-state index contributed by atoms with van der Waals surface area (Å²) in [5, 5.41) is 3.92. The van der Waals surface area contributed by atoms with Crippen LogP contribution >= 0.6 is 0 Å². The molecular weight excluding hydrogens is 423 g/mol. The third kappa shape index (κ3) is 5.52. The van der Waals surface area contributed by atoms with Crippen molar-refractivity contribution in [3.63, 3.8) is 0 Å². The summed E-state index contributed by atoms with van der Waals surface area (Å²) >= 11 is 0. The van der Waals surface area contributed by atoms with Gasteiger partial charge < -0.3 is 9.42 Å². The van der Waals surface area contributed by atoms with E-state index in [1.54, 1.807) is 31.3 Å². The zero-order chi connectivity index (χ0) is 22.6. The topological polar surface area (TPSA) is 106 Å². The maximum atomic E-state index is 13.2. The molecule has 3 rings (SSSR count). The van der Waals surface area contributed by atoms with Crippen molar-refractivity contribution in [2.45, 2.75) is 44.2 Å². The fraction of sp³-hybridized carbons (Fsp3) is 0.333. The Labute approximate surface area is 180 Å². The molecule has 164 valence electrons. The Balaban J connectivity index is 1.89. The van der Waals surface area contributed by atoms with E-state index in [4.69, 9.17) is 4.52 Å². The highest BCUT2D eigenvalue weighted by Gasteiger charge is 2.30. The van der Waals surface area contributed by atoms with Crippen LogP contribution in [0, 0.1) is 5.82 Å². The summed E-state index contributed by atoms with van der Waals surface area (Å²) in [4.78, 5) is 22.9. The molecule has 1 atom stereocenters. The first kappa shape index (κ1) is 22.5. The van der Waals surface area contributed by atoms with E-state index in [2.05, 4.69) is 15.1 Å². The van der Waals surface area contributed by atoms with Crippen LogP contribution in [-0.4, -0.2) is 40.1 Å². The molecule has 0 bridgehead atoms. The van der Waals surface area contributed by atoms with Gasteiger partial charge >= 0.3 is 0 Å². The predicted molar refractivity (Wildman–Crippen MR) is 110 cm³/mol. The highest BCUT2D eigenvalue weighted by atomic mass is 32.2. The zero-order valence-electron chi connectivity index (χ0n) is 17.4. The molecule has 2 heterocycles. The summed E-state index contributed by atoms with van der Waals surface area (Å²) in [5.74, 6) is -1.29. The van der Waals surface area contributed by atoms with Gasteiger partial charge in [0.1, 0.15) is 17.6 Å². The van der Waals surface area contributed by atoms with Crippen molar-refractivity contribution in [1.29, 1.82) is 0 Å². The molecule has 1 aromatic carbocycles. The normalized spacial score (nSPS) is 12.7. The Kier molecular flexibility index (Phi) is 6.79. The van der Waals surface area contributed by atoms with Crippen LogP contribution in [0.3, 0.4) is 0 Å². The lowest BCUT2D eigenvalue weighted by Crippen LogP contribution is -2.37. The Morgan fingerprint density at radius 3 is 2.42 bits per heavy atom. The highest BCUT2D eigenvalue weighted by molar-refractivity contribution is 7.92. The van der Waals surface area contributed by atoms with Crippen molar-refractivity contribution in [3.8, 4) is 0 Å². The average molecular weight is 447 g/mol. The number of rotatable bonds is 8. The van der Waals surface area contributed by atoms with Gasteiger partial charge in [-0.1, -0.05) is 25.1 Å². The summed E-state index contributed by atoms with van der Waals surface area (Å²) in [6.07, 6.45) is 1.58. The number of pyridine rings is 1. The molecular formula is C21H23FN4O4S. The average Bonchev–Trinajstić information content (AvgIpc) is 3.23. The van der Waals surface area contributed by atoms with Crippen molar-refractivity contribution in [2.75, 3.05) is 5.75 Å². The minimum Gasteiger partial charge on any atom is -0.337 e. The van der Waals surface area contributed by atoms with Crippen LogP contribution in [0.2, 0.25) is 0 Å². The number of hydrogen-bond acceptors (Lipinski definition) is 7. The quantitative estimate of drug-likeness (QED) is 0.489. The summed E-state index contributed by atoms with van der Waals surface area (Å²) in [6, 6.07) is 8.91. The van der Waals surface area contributed by atoms with E-state index in [0.29, 0.717) is 11.5 Å². The maximum absolute atomic E-state index is 13.2. The van der Waals surface area contributed by atoms with Gasteiger partial charge in [0.05, 0.1) is 17.1 Å². The first-order valence-corrected chi connectivity index (χ1v) is 11.3. The molecule has 31 heavy (non-hydrogen) atoms. The van der Waals surface area contributed by atoms with Gasteiger partial charge in [0, 0.05) is 12.1 Å². The van der Waals surface area contributed by atoms with E-state index in [1.165, 1.54) is 4.90 Å². The van der Waals surface area contributed by atoms with Gasteiger partial charge in [-0.15, -0.1) is 0 Å². The van der Waals surface area contributed by atoms with Crippen molar-refractivity contribution < 1.29 is 22.1 Å². The van der Waals surface area contributed by atoms with Gasteiger partial charge in [0.15, 0.2) is 15.7 Å². The van der Waals surface area contributed by atoms with E-state index < -0.39 is 33.4 Å². The summed E-state index contributed by atoms with van der Waals surface area (Å²) in [7, 11) is -3.98. The number of nitrogens with zero attached hydrogens (tertiary/aromatic N) is 4. The molecule has 3 aromatic rings. The van der Waals surface area contributed by atoms with Crippen LogP contribution in [0.5, 0.6) is 0 Å². The van der Waals surface area contributed by atoms with Gasteiger partial charge in [0.2, 0.25) is 11.8 Å². The zero-order valence-corrected chi connectivity index (χ0v) is 18.2. The number of sulfone groups is 1. The smallest absolute Gasteiger partial charge is 0.249 e. The molecule has 0 radical (unpaired) electrons. The first-order chi connectivity index (χ1) is 14.7. The Bertz CT molecular complexity index is 1130.